The largest absolute Gasteiger partial charge is 0.322 e. The fourth-order valence-electron chi connectivity index (χ4n) is 1.47. The first-order chi connectivity index (χ1) is 8.58. The molecule has 0 spiro atoms. The monoisotopic (exact) mass is 416 g/mol. The molecule has 92 valence electrons. The molecule has 0 atom stereocenters. The van der Waals surface area contributed by atoms with E-state index < -0.39 is 0 Å². The second-order valence-electron chi connectivity index (χ2n) is 3.77. The lowest BCUT2D eigenvalue weighted by atomic mass is 10.2. The van der Waals surface area contributed by atoms with Gasteiger partial charge in [0.1, 0.15) is 0 Å². The number of halogens is 2. The Balaban J connectivity index is 2.28. The lowest BCUT2D eigenvalue weighted by Gasteiger charge is -2.09. The van der Waals surface area contributed by atoms with Gasteiger partial charge in [-0.1, -0.05) is 0 Å². The third kappa shape index (κ3) is 3.08. The Morgan fingerprint density at radius 3 is 2.89 bits per heavy atom. The van der Waals surface area contributed by atoms with Crippen molar-refractivity contribution in [1.29, 1.82) is 0 Å². The second-order valence-corrected chi connectivity index (χ2v) is 5.87. The van der Waals surface area contributed by atoms with Crippen molar-refractivity contribution >= 4 is 50.1 Å². The Hall–Kier alpha value is -0.950. The quantitative estimate of drug-likeness (QED) is 0.751. The van der Waals surface area contributed by atoms with Crippen LogP contribution in [0.3, 0.4) is 0 Å². The number of aryl methyl sites for hydroxylation is 1. The van der Waals surface area contributed by atoms with Crippen molar-refractivity contribution in [1.82, 2.24) is 4.98 Å². The maximum Gasteiger partial charge on any atom is 0.256 e. The van der Waals surface area contributed by atoms with Gasteiger partial charge in [-0.2, -0.15) is 0 Å². The van der Waals surface area contributed by atoms with E-state index in [4.69, 9.17) is 0 Å². The number of pyridine rings is 1. The van der Waals surface area contributed by atoms with Gasteiger partial charge in [0.15, 0.2) is 0 Å². The molecule has 0 aliphatic rings. The summed E-state index contributed by atoms with van der Waals surface area (Å²) in [5, 5.41) is 2.88. The Morgan fingerprint density at radius 1 is 1.39 bits per heavy atom. The summed E-state index contributed by atoms with van der Waals surface area (Å²) in [6.07, 6.45) is 3.38. The summed E-state index contributed by atoms with van der Waals surface area (Å²) in [6, 6.07) is 7.45. The third-order valence-corrected chi connectivity index (χ3v) is 3.80. The Labute approximate surface area is 127 Å². The van der Waals surface area contributed by atoms with Crippen molar-refractivity contribution in [3.63, 3.8) is 0 Å². The molecule has 18 heavy (non-hydrogen) atoms. The van der Waals surface area contributed by atoms with E-state index in [2.05, 4.69) is 48.8 Å². The predicted octanol–water partition coefficient (Wildman–Crippen LogP) is 4.01. The summed E-state index contributed by atoms with van der Waals surface area (Å²) in [6.45, 7) is 1.91. The summed E-state index contributed by atoms with van der Waals surface area (Å²) in [4.78, 5) is 16.2. The van der Waals surface area contributed by atoms with E-state index in [1.54, 1.807) is 18.5 Å². The molecule has 0 radical (unpaired) electrons. The highest BCUT2D eigenvalue weighted by atomic mass is 127. The first-order valence-corrected chi connectivity index (χ1v) is 7.12. The molecular weight excluding hydrogens is 407 g/mol. The van der Waals surface area contributed by atoms with Crippen molar-refractivity contribution in [3.8, 4) is 0 Å². The minimum Gasteiger partial charge on any atom is -0.322 e. The van der Waals surface area contributed by atoms with Gasteiger partial charge in [0.2, 0.25) is 0 Å². The molecule has 1 aromatic heterocycles. The second kappa shape index (κ2) is 5.79. The van der Waals surface area contributed by atoms with Crippen molar-refractivity contribution in [2.24, 2.45) is 0 Å². The molecule has 0 bridgehead atoms. The maximum atomic E-state index is 12.2. The Morgan fingerprint density at radius 2 is 2.17 bits per heavy atom. The highest BCUT2D eigenvalue weighted by Gasteiger charge is 2.11. The molecule has 5 heteroatoms. The number of hydrogen-bond acceptors (Lipinski definition) is 2. The molecule has 1 N–H and O–H groups in total. The first kappa shape index (κ1) is 13.5. The summed E-state index contributed by atoms with van der Waals surface area (Å²) >= 11 is 5.57. The SMILES string of the molecule is Cc1cnccc1NC(=O)c1cc(I)ccc1Br. The number of hydrogen-bond donors (Lipinski definition) is 1. The van der Waals surface area contributed by atoms with Gasteiger partial charge in [0.25, 0.3) is 5.91 Å². The molecular formula is C13H10BrIN2O. The molecule has 0 aliphatic heterocycles. The maximum absolute atomic E-state index is 12.2. The highest BCUT2D eigenvalue weighted by molar-refractivity contribution is 14.1. The number of aromatic nitrogens is 1. The van der Waals surface area contributed by atoms with Crippen LogP contribution in [0.2, 0.25) is 0 Å². The van der Waals surface area contributed by atoms with E-state index in [0.29, 0.717) is 5.56 Å². The third-order valence-electron chi connectivity index (χ3n) is 2.44. The molecule has 2 aromatic rings. The molecule has 0 saturated carbocycles. The van der Waals surface area contributed by atoms with E-state index in [0.717, 1.165) is 19.3 Å². The van der Waals surface area contributed by atoms with Crippen LogP contribution in [0.15, 0.2) is 41.1 Å². The molecule has 1 aromatic carbocycles. The number of carbonyl (C=O) groups excluding carboxylic acids is 1. The molecule has 0 saturated heterocycles. The summed E-state index contributed by atoms with van der Waals surface area (Å²) < 4.78 is 1.81. The van der Waals surface area contributed by atoms with Crippen LogP contribution in [0.4, 0.5) is 5.69 Å². The van der Waals surface area contributed by atoms with Gasteiger partial charge in [-0.15, -0.1) is 0 Å². The van der Waals surface area contributed by atoms with Crippen LogP contribution >= 0.6 is 38.5 Å². The minimum absolute atomic E-state index is 0.130. The predicted molar refractivity (Wildman–Crippen MR) is 83.8 cm³/mol. The van der Waals surface area contributed by atoms with Crippen LogP contribution in [-0.2, 0) is 0 Å². The normalized spacial score (nSPS) is 10.2. The number of anilines is 1. The zero-order valence-electron chi connectivity index (χ0n) is 9.58. The molecule has 2 rings (SSSR count). The average molecular weight is 417 g/mol. The van der Waals surface area contributed by atoms with Crippen LogP contribution in [0.1, 0.15) is 15.9 Å². The fourth-order valence-corrected chi connectivity index (χ4v) is 2.39. The lowest BCUT2D eigenvalue weighted by molar-refractivity contribution is 0.102. The smallest absolute Gasteiger partial charge is 0.256 e. The van der Waals surface area contributed by atoms with Crippen LogP contribution in [0.5, 0.6) is 0 Å². The molecule has 0 aliphatic carbocycles. The van der Waals surface area contributed by atoms with Crippen molar-refractivity contribution < 1.29 is 4.79 Å². The highest BCUT2D eigenvalue weighted by Crippen LogP contribution is 2.21. The Bertz CT molecular complexity index is 601. The lowest BCUT2D eigenvalue weighted by Crippen LogP contribution is -2.13. The topological polar surface area (TPSA) is 42.0 Å². The number of benzene rings is 1. The average Bonchev–Trinajstić information content (AvgIpc) is 2.35. The number of rotatable bonds is 2. The van der Waals surface area contributed by atoms with Gasteiger partial charge in [-0.25, -0.2) is 0 Å². The molecule has 0 fully saturated rings. The van der Waals surface area contributed by atoms with Crippen molar-refractivity contribution in [2.75, 3.05) is 5.32 Å². The van der Waals surface area contributed by atoms with Crippen LogP contribution in [0.25, 0.3) is 0 Å². The van der Waals surface area contributed by atoms with E-state index in [9.17, 15) is 4.79 Å². The summed E-state index contributed by atoms with van der Waals surface area (Å²) in [5.74, 6) is -0.130. The molecule has 1 heterocycles. The molecule has 3 nitrogen and oxygen atoms in total. The number of nitrogens with one attached hydrogen (secondary N) is 1. The van der Waals surface area contributed by atoms with Crippen LogP contribution in [-0.4, -0.2) is 10.9 Å². The standard InChI is InChI=1S/C13H10BrIN2O/c1-8-7-16-5-4-12(8)17-13(18)10-6-9(15)2-3-11(10)14/h2-7H,1H3,(H,16,17,18). The summed E-state index contributed by atoms with van der Waals surface area (Å²) in [7, 11) is 0. The molecule has 1 amide bonds. The van der Waals surface area contributed by atoms with Gasteiger partial charge in [-0.05, 0) is 75.3 Å². The summed E-state index contributed by atoms with van der Waals surface area (Å²) in [5.41, 5.74) is 2.34. The van der Waals surface area contributed by atoms with Crippen LogP contribution in [0, 0.1) is 10.5 Å². The van der Waals surface area contributed by atoms with Gasteiger partial charge in [-0.3, -0.25) is 9.78 Å². The van der Waals surface area contributed by atoms with Crippen molar-refractivity contribution in [3.05, 3.63) is 55.8 Å². The number of carbonyl (C=O) groups is 1. The van der Waals surface area contributed by atoms with Gasteiger partial charge < -0.3 is 5.32 Å². The first-order valence-electron chi connectivity index (χ1n) is 5.25. The van der Waals surface area contributed by atoms with E-state index in [-0.39, 0.29) is 5.91 Å². The zero-order valence-corrected chi connectivity index (χ0v) is 13.3. The van der Waals surface area contributed by atoms with Crippen LogP contribution < -0.4 is 5.32 Å². The zero-order chi connectivity index (χ0) is 13.1. The van der Waals surface area contributed by atoms with Crippen molar-refractivity contribution in [2.45, 2.75) is 6.92 Å². The van der Waals surface area contributed by atoms with E-state index in [1.807, 2.05) is 25.1 Å². The van der Waals surface area contributed by atoms with Gasteiger partial charge in [0.05, 0.1) is 5.56 Å². The van der Waals surface area contributed by atoms with E-state index >= 15 is 0 Å². The van der Waals surface area contributed by atoms with E-state index in [1.165, 1.54) is 0 Å². The fraction of sp³-hybridized carbons (Fsp3) is 0.0769. The van der Waals surface area contributed by atoms with Gasteiger partial charge >= 0.3 is 0 Å². The minimum atomic E-state index is -0.130. The number of nitrogens with zero attached hydrogens (tertiary/aromatic N) is 1. The molecule has 0 unspecified atom stereocenters. The Kier molecular flexibility index (Phi) is 4.34. The number of amides is 1. The van der Waals surface area contributed by atoms with Gasteiger partial charge in [0, 0.05) is 26.1 Å².